The fourth-order valence-electron chi connectivity index (χ4n) is 2.76. The number of hydrogen-bond acceptors (Lipinski definition) is 4. The van der Waals surface area contributed by atoms with E-state index in [9.17, 15) is 9.59 Å². The Labute approximate surface area is 175 Å². The van der Waals surface area contributed by atoms with Gasteiger partial charge in [-0.05, 0) is 59.5 Å². The summed E-state index contributed by atoms with van der Waals surface area (Å²) in [6.45, 7) is 1.81. The second kappa shape index (κ2) is 9.89. The van der Waals surface area contributed by atoms with Crippen molar-refractivity contribution in [3.8, 4) is 22.9 Å². The topological polar surface area (TPSA) is 91.2 Å². The zero-order valence-electron chi connectivity index (χ0n) is 16.5. The van der Waals surface area contributed by atoms with Crippen LogP contribution in [-0.2, 0) is 11.2 Å². The Kier molecular flexibility index (Phi) is 6.80. The number of hydrogen-bond donors (Lipinski definition) is 2. The number of benzene rings is 3. The maximum Gasteiger partial charge on any atom is 0.276 e. The highest BCUT2D eigenvalue weighted by Crippen LogP contribution is 2.22. The van der Waals surface area contributed by atoms with Gasteiger partial charge in [-0.25, -0.2) is 0 Å². The molecule has 3 rings (SSSR count). The van der Waals surface area contributed by atoms with E-state index in [-0.39, 0.29) is 6.61 Å². The first-order chi connectivity index (χ1) is 14.6. The Morgan fingerprint density at radius 3 is 2.03 bits per heavy atom. The van der Waals surface area contributed by atoms with Gasteiger partial charge in [0.2, 0.25) is 0 Å². The lowest BCUT2D eigenvalue weighted by Crippen LogP contribution is -2.43. The number of amides is 2. The van der Waals surface area contributed by atoms with E-state index < -0.39 is 11.8 Å². The summed E-state index contributed by atoms with van der Waals surface area (Å²) >= 11 is 0. The van der Waals surface area contributed by atoms with Crippen LogP contribution in [0.1, 0.15) is 28.4 Å². The van der Waals surface area contributed by atoms with Gasteiger partial charge in [0.1, 0.15) is 5.75 Å². The summed E-state index contributed by atoms with van der Waals surface area (Å²) in [6, 6.07) is 23.8. The Hall–Kier alpha value is -4.11. The molecule has 0 aliphatic carbocycles. The number of rotatable bonds is 6. The molecule has 0 heterocycles. The van der Waals surface area contributed by atoms with Crippen LogP contribution in [0.15, 0.2) is 72.8 Å². The van der Waals surface area contributed by atoms with Crippen molar-refractivity contribution in [3.63, 3.8) is 0 Å². The molecule has 6 heteroatoms. The van der Waals surface area contributed by atoms with Crippen LogP contribution in [0, 0.1) is 11.3 Å². The smallest absolute Gasteiger partial charge is 0.276 e. The van der Waals surface area contributed by atoms with Crippen molar-refractivity contribution in [3.05, 3.63) is 89.5 Å². The first kappa shape index (κ1) is 20.6. The van der Waals surface area contributed by atoms with E-state index in [4.69, 9.17) is 10.00 Å². The predicted molar refractivity (Wildman–Crippen MR) is 114 cm³/mol. The van der Waals surface area contributed by atoms with Gasteiger partial charge >= 0.3 is 0 Å². The summed E-state index contributed by atoms with van der Waals surface area (Å²) in [7, 11) is 0. The molecule has 30 heavy (non-hydrogen) atoms. The molecular formula is C24H21N3O3. The van der Waals surface area contributed by atoms with Crippen LogP contribution in [-0.4, -0.2) is 18.4 Å². The number of carbonyl (C=O) groups excluding carboxylic acids is 2. The van der Waals surface area contributed by atoms with E-state index in [0.717, 1.165) is 23.1 Å². The predicted octanol–water partition coefficient (Wildman–Crippen LogP) is 3.63. The number of aryl methyl sites for hydroxylation is 1. The normalized spacial score (nSPS) is 10.0. The molecule has 3 aromatic carbocycles. The van der Waals surface area contributed by atoms with Crippen LogP contribution in [0.25, 0.3) is 11.1 Å². The monoisotopic (exact) mass is 399 g/mol. The van der Waals surface area contributed by atoms with E-state index in [0.29, 0.717) is 16.9 Å². The number of hydrazine groups is 1. The first-order valence-electron chi connectivity index (χ1n) is 9.50. The Balaban J connectivity index is 1.47. The van der Waals surface area contributed by atoms with Gasteiger partial charge in [0.05, 0.1) is 11.6 Å². The lowest BCUT2D eigenvalue weighted by molar-refractivity contribution is -0.123. The Morgan fingerprint density at radius 2 is 1.47 bits per heavy atom. The SMILES string of the molecule is CCc1ccc(C(=O)NNC(=O)COc2ccc(-c3ccc(C#N)cc3)cc2)cc1. The zero-order chi connectivity index (χ0) is 21.3. The molecule has 0 saturated heterocycles. The molecule has 0 unspecified atom stereocenters. The highest BCUT2D eigenvalue weighted by atomic mass is 16.5. The fourth-order valence-corrected chi connectivity index (χ4v) is 2.76. The molecule has 6 nitrogen and oxygen atoms in total. The van der Waals surface area contributed by atoms with Crippen LogP contribution in [0.5, 0.6) is 5.75 Å². The lowest BCUT2D eigenvalue weighted by atomic mass is 10.0. The van der Waals surface area contributed by atoms with Crippen LogP contribution in [0.3, 0.4) is 0 Å². The van der Waals surface area contributed by atoms with Gasteiger partial charge < -0.3 is 4.74 Å². The highest BCUT2D eigenvalue weighted by molar-refractivity contribution is 5.95. The van der Waals surface area contributed by atoms with Crippen molar-refractivity contribution in [2.45, 2.75) is 13.3 Å². The van der Waals surface area contributed by atoms with E-state index >= 15 is 0 Å². The Morgan fingerprint density at radius 1 is 0.867 bits per heavy atom. The maximum atomic E-state index is 12.1. The van der Waals surface area contributed by atoms with Crippen molar-refractivity contribution >= 4 is 11.8 Å². The summed E-state index contributed by atoms with van der Waals surface area (Å²) in [5.74, 6) is -0.327. The largest absolute Gasteiger partial charge is 0.484 e. The van der Waals surface area contributed by atoms with Gasteiger partial charge in [0, 0.05) is 5.56 Å². The standard InChI is InChI=1S/C24H21N3O3/c1-2-17-3-9-21(10-4-17)24(29)27-26-23(28)16-30-22-13-11-20(12-14-22)19-7-5-18(15-25)6-8-19/h3-14H,2,16H2,1H3,(H,26,28)(H,27,29). The molecule has 2 N–H and O–H groups in total. The van der Waals surface area contributed by atoms with Gasteiger partial charge in [-0.2, -0.15) is 5.26 Å². The number of carbonyl (C=O) groups is 2. The molecule has 0 aliphatic heterocycles. The van der Waals surface area contributed by atoms with Crippen LogP contribution in [0.2, 0.25) is 0 Å². The summed E-state index contributed by atoms with van der Waals surface area (Å²) in [5.41, 5.74) is 8.86. The molecule has 0 radical (unpaired) electrons. The van der Waals surface area contributed by atoms with E-state index in [2.05, 4.69) is 16.9 Å². The van der Waals surface area contributed by atoms with E-state index in [1.54, 1.807) is 36.4 Å². The van der Waals surface area contributed by atoms with Crippen LogP contribution < -0.4 is 15.6 Å². The highest BCUT2D eigenvalue weighted by Gasteiger charge is 2.08. The summed E-state index contributed by atoms with van der Waals surface area (Å²) < 4.78 is 5.46. The molecule has 0 aliphatic rings. The molecule has 0 spiro atoms. The molecule has 0 saturated carbocycles. The molecular weight excluding hydrogens is 378 g/mol. The molecule has 0 bridgehead atoms. The van der Waals surface area contributed by atoms with Crippen molar-refractivity contribution in [2.75, 3.05) is 6.61 Å². The molecule has 0 fully saturated rings. The minimum atomic E-state index is -0.468. The molecule has 0 aromatic heterocycles. The third-order valence-corrected chi connectivity index (χ3v) is 4.51. The second-order valence-electron chi connectivity index (χ2n) is 6.55. The van der Waals surface area contributed by atoms with Gasteiger partial charge in [0.15, 0.2) is 6.61 Å². The quantitative estimate of drug-likeness (QED) is 0.619. The lowest BCUT2D eigenvalue weighted by Gasteiger charge is -2.10. The van der Waals surface area contributed by atoms with Crippen molar-refractivity contribution in [1.82, 2.24) is 10.9 Å². The van der Waals surface area contributed by atoms with E-state index in [1.807, 2.05) is 43.3 Å². The molecule has 2 amide bonds. The Bertz CT molecular complexity index is 1050. The third-order valence-electron chi connectivity index (χ3n) is 4.51. The minimum absolute atomic E-state index is 0.231. The molecule has 150 valence electrons. The van der Waals surface area contributed by atoms with Crippen molar-refractivity contribution < 1.29 is 14.3 Å². The van der Waals surface area contributed by atoms with Crippen molar-refractivity contribution in [2.24, 2.45) is 0 Å². The van der Waals surface area contributed by atoms with Crippen LogP contribution >= 0.6 is 0 Å². The summed E-state index contributed by atoms with van der Waals surface area (Å²) in [4.78, 5) is 24.0. The van der Waals surface area contributed by atoms with Crippen LogP contribution in [0.4, 0.5) is 0 Å². The first-order valence-corrected chi connectivity index (χ1v) is 9.50. The van der Waals surface area contributed by atoms with Gasteiger partial charge in [0.25, 0.3) is 11.8 Å². The minimum Gasteiger partial charge on any atom is -0.484 e. The summed E-state index contributed by atoms with van der Waals surface area (Å²) in [6.07, 6.45) is 0.893. The van der Waals surface area contributed by atoms with Gasteiger partial charge in [-0.1, -0.05) is 43.3 Å². The van der Waals surface area contributed by atoms with Crippen molar-refractivity contribution in [1.29, 1.82) is 5.26 Å². The third kappa shape index (κ3) is 5.46. The number of nitrogens with one attached hydrogen (secondary N) is 2. The average Bonchev–Trinajstić information content (AvgIpc) is 2.81. The van der Waals surface area contributed by atoms with Gasteiger partial charge in [-0.15, -0.1) is 0 Å². The molecule has 0 atom stereocenters. The average molecular weight is 399 g/mol. The zero-order valence-corrected chi connectivity index (χ0v) is 16.5. The van der Waals surface area contributed by atoms with E-state index in [1.165, 1.54) is 0 Å². The van der Waals surface area contributed by atoms with Gasteiger partial charge in [-0.3, -0.25) is 20.4 Å². The summed E-state index contributed by atoms with van der Waals surface area (Å²) in [5, 5.41) is 8.86. The number of nitrogens with zero attached hydrogens (tertiary/aromatic N) is 1. The molecule has 3 aromatic rings. The number of ether oxygens (including phenoxy) is 1. The number of nitriles is 1. The maximum absolute atomic E-state index is 12.1. The second-order valence-corrected chi connectivity index (χ2v) is 6.55. The fraction of sp³-hybridized carbons (Fsp3) is 0.125.